The third kappa shape index (κ3) is 5.03. The number of anilines is 1. The second-order valence-corrected chi connectivity index (χ2v) is 7.65. The third-order valence-corrected chi connectivity index (χ3v) is 5.55. The smallest absolute Gasteiger partial charge is 0.307 e. The fourth-order valence-electron chi connectivity index (χ4n) is 3.70. The summed E-state index contributed by atoms with van der Waals surface area (Å²) >= 11 is 0. The molecule has 168 valence electrons. The van der Waals surface area contributed by atoms with E-state index in [1.165, 1.54) is 4.90 Å². The highest BCUT2D eigenvalue weighted by molar-refractivity contribution is 6.07. The van der Waals surface area contributed by atoms with Crippen LogP contribution in [0.4, 0.5) is 32.0 Å². The van der Waals surface area contributed by atoms with Crippen LogP contribution in [0.1, 0.15) is 46.3 Å². The molecule has 1 amide bonds. The van der Waals surface area contributed by atoms with Crippen molar-refractivity contribution in [1.82, 2.24) is 4.90 Å². The Morgan fingerprint density at radius 3 is 2.16 bits per heavy atom. The minimum atomic E-state index is -5.01. The van der Waals surface area contributed by atoms with Crippen molar-refractivity contribution in [2.75, 3.05) is 31.6 Å². The first-order valence-electron chi connectivity index (χ1n) is 9.80. The Hall–Kier alpha value is -2.55. The number of rotatable bonds is 5. The monoisotopic (exact) mass is 444 g/mol. The Kier molecular flexibility index (Phi) is 6.36. The van der Waals surface area contributed by atoms with Crippen LogP contribution >= 0.6 is 0 Å². The van der Waals surface area contributed by atoms with Gasteiger partial charge in [-0.1, -0.05) is 25.1 Å². The van der Waals surface area contributed by atoms with Crippen molar-refractivity contribution >= 4 is 11.6 Å². The lowest BCUT2D eigenvalue weighted by atomic mass is 9.98. The van der Waals surface area contributed by atoms with Crippen molar-refractivity contribution in [3.63, 3.8) is 0 Å². The van der Waals surface area contributed by atoms with Gasteiger partial charge in [-0.2, -0.15) is 26.3 Å². The Balaban J connectivity index is 1.97. The van der Waals surface area contributed by atoms with Crippen LogP contribution in [0.15, 0.2) is 42.5 Å². The van der Waals surface area contributed by atoms with E-state index in [0.717, 1.165) is 18.7 Å². The van der Waals surface area contributed by atoms with Gasteiger partial charge < -0.3 is 9.80 Å². The van der Waals surface area contributed by atoms with Crippen LogP contribution in [-0.2, 0) is 12.4 Å². The summed E-state index contributed by atoms with van der Waals surface area (Å²) < 4.78 is 79.1. The molecule has 3 rings (SSSR count). The lowest BCUT2D eigenvalue weighted by Crippen LogP contribution is -2.31. The van der Waals surface area contributed by atoms with E-state index in [1.807, 2.05) is 20.0 Å². The van der Waals surface area contributed by atoms with Gasteiger partial charge in [0.15, 0.2) is 0 Å². The Labute approximate surface area is 176 Å². The molecule has 1 unspecified atom stereocenters. The van der Waals surface area contributed by atoms with Crippen molar-refractivity contribution in [3.8, 4) is 0 Å². The van der Waals surface area contributed by atoms with Crippen LogP contribution in [0.25, 0.3) is 0 Å². The summed E-state index contributed by atoms with van der Waals surface area (Å²) in [6.45, 7) is 3.79. The predicted octanol–water partition coefficient (Wildman–Crippen LogP) is 5.81. The molecule has 2 aromatic carbocycles. The van der Waals surface area contributed by atoms with Gasteiger partial charge in [0.05, 0.1) is 11.1 Å². The first-order chi connectivity index (χ1) is 14.4. The van der Waals surface area contributed by atoms with E-state index in [2.05, 4.69) is 4.90 Å². The Bertz CT molecular complexity index is 921. The number of hydrogen-bond acceptors (Lipinski definition) is 2. The van der Waals surface area contributed by atoms with Gasteiger partial charge in [0, 0.05) is 23.7 Å². The zero-order valence-electron chi connectivity index (χ0n) is 17.0. The molecule has 1 heterocycles. The minimum absolute atomic E-state index is 0.0259. The molecule has 3 nitrogen and oxygen atoms in total. The van der Waals surface area contributed by atoms with E-state index < -0.39 is 35.0 Å². The molecule has 0 N–H and O–H groups in total. The average molecular weight is 444 g/mol. The standard InChI is InChI=1S/C22H22F6N2O/c1-3-29(2)9-8-14-13-30(19-7-5-4-6-18(14)19)20(31)15-10-16(21(23,24)25)12-17(11-15)22(26,27)28/h4-7,10-12,14H,3,8-9,13H2,1-2H3. The number of benzene rings is 2. The zero-order chi connectivity index (χ0) is 23.0. The van der Waals surface area contributed by atoms with Gasteiger partial charge in [-0.25, -0.2) is 0 Å². The minimum Gasteiger partial charge on any atom is -0.307 e. The number of carbonyl (C=O) groups is 1. The average Bonchev–Trinajstić information content (AvgIpc) is 3.08. The fraction of sp³-hybridized carbons (Fsp3) is 0.409. The Morgan fingerprint density at radius 1 is 1.03 bits per heavy atom. The molecule has 0 fully saturated rings. The van der Waals surface area contributed by atoms with Gasteiger partial charge in [-0.15, -0.1) is 0 Å². The molecular weight excluding hydrogens is 422 g/mol. The Morgan fingerprint density at radius 2 is 1.61 bits per heavy atom. The molecule has 0 saturated carbocycles. The van der Waals surface area contributed by atoms with E-state index in [1.54, 1.807) is 18.2 Å². The van der Waals surface area contributed by atoms with E-state index in [0.29, 0.717) is 24.2 Å². The third-order valence-electron chi connectivity index (χ3n) is 5.55. The SMILES string of the molecule is CCN(C)CCC1CN(C(=O)c2cc(C(F)(F)F)cc(C(F)(F)F)c2)c2ccccc21. The molecule has 9 heteroatoms. The molecule has 0 radical (unpaired) electrons. The van der Waals surface area contributed by atoms with E-state index >= 15 is 0 Å². The van der Waals surface area contributed by atoms with Gasteiger partial charge in [0.25, 0.3) is 5.91 Å². The van der Waals surface area contributed by atoms with Crippen molar-refractivity contribution in [2.45, 2.75) is 31.6 Å². The highest BCUT2D eigenvalue weighted by atomic mass is 19.4. The largest absolute Gasteiger partial charge is 0.416 e. The maximum absolute atomic E-state index is 13.2. The number of halogens is 6. The molecule has 1 aliphatic heterocycles. The molecule has 0 aromatic heterocycles. The van der Waals surface area contributed by atoms with Crippen molar-refractivity contribution < 1.29 is 31.1 Å². The second-order valence-electron chi connectivity index (χ2n) is 7.65. The molecule has 0 saturated heterocycles. The van der Waals surface area contributed by atoms with Gasteiger partial charge in [-0.05, 0) is 56.4 Å². The quantitative estimate of drug-likeness (QED) is 0.544. The number of carbonyl (C=O) groups excluding carboxylic acids is 1. The first kappa shape index (κ1) is 23.1. The number of para-hydroxylation sites is 1. The molecule has 1 atom stereocenters. The lowest BCUT2D eigenvalue weighted by Gasteiger charge is -2.21. The lowest BCUT2D eigenvalue weighted by molar-refractivity contribution is -0.143. The van der Waals surface area contributed by atoms with Crippen molar-refractivity contribution in [1.29, 1.82) is 0 Å². The highest BCUT2D eigenvalue weighted by Gasteiger charge is 2.39. The molecular formula is C22H22F6N2O. The van der Waals surface area contributed by atoms with Gasteiger partial charge in [0.2, 0.25) is 0 Å². The van der Waals surface area contributed by atoms with Crippen LogP contribution in [0.2, 0.25) is 0 Å². The number of nitrogens with zero attached hydrogens (tertiary/aromatic N) is 2. The van der Waals surface area contributed by atoms with Crippen LogP contribution in [0.3, 0.4) is 0 Å². The van der Waals surface area contributed by atoms with Crippen LogP contribution in [0, 0.1) is 0 Å². The normalized spacial score (nSPS) is 16.7. The van der Waals surface area contributed by atoms with Crippen LogP contribution < -0.4 is 4.90 Å². The maximum atomic E-state index is 13.2. The van der Waals surface area contributed by atoms with Crippen molar-refractivity contribution in [3.05, 3.63) is 64.7 Å². The summed E-state index contributed by atoms with van der Waals surface area (Å²) in [6, 6.07) is 7.98. The molecule has 2 aromatic rings. The summed E-state index contributed by atoms with van der Waals surface area (Å²) in [6.07, 6.45) is -9.31. The van der Waals surface area contributed by atoms with Gasteiger partial charge in [-0.3, -0.25) is 4.79 Å². The van der Waals surface area contributed by atoms with E-state index in [4.69, 9.17) is 0 Å². The molecule has 0 aliphatic carbocycles. The van der Waals surface area contributed by atoms with E-state index in [-0.39, 0.29) is 18.5 Å². The topological polar surface area (TPSA) is 23.6 Å². The summed E-state index contributed by atoms with van der Waals surface area (Å²) in [4.78, 5) is 16.5. The first-order valence-corrected chi connectivity index (χ1v) is 9.80. The van der Waals surface area contributed by atoms with E-state index in [9.17, 15) is 31.1 Å². The summed E-state index contributed by atoms with van der Waals surface area (Å²) in [5.74, 6) is -0.933. The number of alkyl halides is 6. The highest BCUT2D eigenvalue weighted by Crippen LogP contribution is 2.40. The predicted molar refractivity (Wildman–Crippen MR) is 105 cm³/mol. The summed E-state index contributed by atoms with van der Waals surface area (Å²) in [5, 5.41) is 0. The zero-order valence-corrected chi connectivity index (χ0v) is 17.0. The summed E-state index contributed by atoms with van der Waals surface area (Å²) in [5.41, 5.74) is -2.26. The van der Waals surface area contributed by atoms with Gasteiger partial charge in [0.1, 0.15) is 0 Å². The number of fused-ring (bicyclic) bond motifs is 1. The van der Waals surface area contributed by atoms with Crippen LogP contribution in [-0.4, -0.2) is 37.5 Å². The van der Waals surface area contributed by atoms with Crippen molar-refractivity contribution in [2.24, 2.45) is 0 Å². The van der Waals surface area contributed by atoms with Gasteiger partial charge >= 0.3 is 12.4 Å². The molecule has 1 aliphatic rings. The van der Waals surface area contributed by atoms with Crippen LogP contribution in [0.5, 0.6) is 0 Å². The number of hydrogen-bond donors (Lipinski definition) is 0. The maximum Gasteiger partial charge on any atom is 0.416 e. The summed E-state index contributed by atoms with van der Waals surface area (Å²) in [7, 11) is 1.95. The second kappa shape index (κ2) is 8.53. The fourth-order valence-corrected chi connectivity index (χ4v) is 3.70. The molecule has 0 bridgehead atoms. The number of amides is 1. The molecule has 0 spiro atoms. The molecule has 31 heavy (non-hydrogen) atoms.